The molecule has 0 bridgehead atoms. The third-order valence-electron chi connectivity index (χ3n) is 1.73. The fourth-order valence-corrected chi connectivity index (χ4v) is 1.22. The lowest BCUT2D eigenvalue weighted by Crippen LogP contribution is -2.13. The van der Waals surface area contributed by atoms with Crippen molar-refractivity contribution in [2.75, 3.05) is 5.32 Å². The highest BCUT2D eigenvalue weighted by Crippen LogP contribution is 2.20. The molecule has 0 radical (unpaired) electrons. The molecule has 0 aliphatic heterocycles. The zero-order chi connectivity index (χ0) is 9.84. The van der Waals surface area contributed by atoms with Crippen molar-refractivity contribution >= 4 is 5.69 Å². The maximum absolute atomic E-state index is 4.26. The number of hydrogen-bond donors (Lipinski definition) is 1. The Hall–Kier alpha value is -1.12. The number of anilines is 1. The van der Waals surface area contributed by atoms with Crippen molar-refractivity contribution in [1.82, 2.24) is 9.97 Å². The molecular formula is C10H17N3. The van der Waals surface area contributed by atoms with Gasteiger partial charge < -0.3 is 5.32 Å². The van der Waals surface area contributed by atoms with E-state index in [9.17, 15) is 0 Å². The van der Waals surface area contributed by atoms with E-state index in [1.54, 1.807) is 6.33 Å². The fraction of sp³-hybridized carbons (Fsp3) is 0.600. The predicted octanol–water partition coefficient (Wildman–Crippen LogP) is 2.42. The molecule has 3 nitrogen and oxygen atoms in total. The van der Waals surface area contributed by atoms with Crippen LogP contribution >= 0.6 is 0 Å². The summed E-state index contributed by atoms with van der Waals surface area (Å²) in [6, 6.07) is 0.420. The first kappa shape index (κ1) is 9.96. The maximum atomic E-state index is 4.26. The summed E-state index contributed by atoms with van der Waals surface area (Å²) in [5, 5.41) is 3.33. The Morgan fingerprint density at radius 2 is 1.92 bits per heavy atom. The van der Waals surface area contributed by atoms with Crippen LogP contribution in [0, 0.1) is 0 Å². The summed E-state index contributed by atoms with van der Waals surface area (Å²) in [5.41, 5.74) is 2.14. The van der Waals surface area contributed by atoms with Crippen LogP contribution in [0.15, 0.2) is 12.5 Å². The second kappa shape index (κ2) is 4.21. The van der Waals surface area contributed by atoms with E-state index in [1.165, 1.54) is 0 Å². The summed E-state index contributed by atoms with van der Waals surface area (Å²) < 4.78 is 0. The Morgan fingerprint density at radius 1 is 1.23 bits per heavy atom. The van der Waals surface area contributed by atoms with Crippen LogP contribution in [0.25, 0.3) is 0 Å². The lowest BCUT2D eigenvalue weighted by atomic mass is 10.1. The molecule has 0 saturated carbocycles. The zero-order valence-electron chi connectivity index (χ0n) is 8.70. The van der Waals surface area contributed by atoms with Crippen LogP contribution in [0.5, 0.6) is 0 Å². The van der Waals surface area contributed by atoms with E-state index in [0.29, 0.717) is 12.0 Å². The average Bonchev–Trinajstić information content (AvgIpc) is 2.03. The monoisotopic (exact) mass is 179 g/mol. The number of rotatable bonds is 3. The quantitative estimate of drug-likeness (QED) is 0.774. The van der Waals surface area contributed by atoms with E-state index in [1.807, 2.05) is 6.20 Å². The van der Waals surface area contributed by atoms with Gasteiger partial charge in [0.05, 0.1) is 17.6 Å². The molecule has 0 saturated heterocycles. The highest BCUT2D eigenvalue weighted by molar-refractivity contribution is 5.47. The van der Waals surface area contributed by atoms with Crippen molar-refractivity contribution in [3.8, 4) is 0 Å². The van der Waals surface area contributed by atoms with Gasteiger partial charge >= 0.3 is 0 Å². The SMILES string of the molecule is CC(C)Nc1cncnc1C(C)C. The Bertz CT molecular complexity index is 269. The van der Waals surface area contributed by atoms with Crippen LogP contribution < -0.4 is 5.32 Å². The van der Waals surface area contributed by atoms with Gasteiger partial charge in [-0.05, 0) is 19.8 Å². The average molecular weight is 179 g/mol. The van der Waals surface area contributed by atoms with Crippen LogP contribution in [-0.2, 0) is 0 Å². The molecule has 0 aromatic carbocycles. The van der Waals surface area contributed by atoms with Gasteiger partial charge in [0.1, 0.15) is 6.33 Å². The Kier molecular flexibility index (Phi) is 3.23. The topological polar surface area (TPSA) is 37.8 Å². The van der Waals surface area contributed by atoms with Crippen LogP contribution in [0.4, 0.5) is 5.69 Å². The van der Waals surface area contributed by atoms with Gasteiger partial charge in [-0.1, -0.05) is 13.8 Å². The second-order valence-electron chi connectivity index (χ2n) is 3.78. The zero-order valence-corrected chi connectivity index (χ0v) is 8.70. The molecule has 1 rings (SSSR count). The molecule has 0 atom stereocenters. The smallest absolute Gasteiger partial charge is 0.115 e. The van der Waals surface area contributed by atoms with Gasteiger partial charge in [0.15, 0.2) is 0 Å². The minimum Gasteiger partial charge on any atom is -0.380 e. The largest absolute Gasteiger partial charge is 0.380 e. The Labute approximate surface area is 79.6 Å². The van der Waals surface area contributed by atoms with Gasteiger partial charge in [0, 0.05) is 6.04 Å². The van der Waals surface area contributed by atoms with Gasteiger partial charge in [-0.3, -0.25) is 0 Å². The first-order chi connectivity index (χ1) is 6.11. The molecule has 0 aliphatic rings. The van der Waals surface area contributed by atoms with Crippen LogP contribution in [0.2, 0.25) is 0 Å². The summed E-state index contributed by atoms with van der Waals surface area (Å²) in [7, 11) is 0. The molecular weight excluding hydrogens is 162 g/mol. The van der Waals surface area contributed by atoms with E-state index >= 15 is 0 Å². The number of nitrogens with zero attached hydrogens (tertiary/aromatic N) is 2. The van der Waals surface area contributed by atoms with E-state index in [-0.39, 0.29) is 0 Å². The van der Waals surface area contributed by atoms with Crippen molar-refractivity contribution in [3.05, 3.63) is 18.2 Å². The maximum Gasteiger partial charge on any atom is 0.115 e. The normalized spacial score (nSPS) is 10.9. The summed E-state index contributed by atoms with van der Waals surface area (Å²) in [6.07, 6.45) is 3.43. The van der Waals surface area contributed by atoms with Crippen LogP contribution in [0.1, 0.15) is 39.3 Å². The highest BCUT2D eigenvalue weighted by atomic mass is 15.0. The summed E-state index contributed by atoms with van der Waals surface area (Å²) in [6.45, 7) is 8.48. The Morgan fingerprint density at radius 3 is 2.46 bits per heavy atom. The van der Waals surface area contributed by atoms with Crippen LogP contribution in [0.3, 0.4) is 0 Å². The molecule has 1 heterocycles. The predicted molar refractivity (Wildman–Crippen MR) is 54.9 cm³/mol. The van der Waals surface area contributed by atoms with Gasteiger partial charge in [-0.2, -0.15) is 0 Å². The molecule has 1 N–H and O–H groups in total. The third kappa shape index (κ3) is 2.68. The molecule has 72 valence electrons. The Balaban J connectivity index is 2.91. The van der Waals surface area contributed by atoms with E-state index < -0.39 is 0 Å². The molecule has 1 aromatic rings. The molecule has 0 aliphatic carbocycles. The molecule has 0 unspecified atom stereocenters. The van der Waals surface area contributed by atoms with Crippen molar-refractivity contribution in [1.29, 1.82) is 0 Å². The molecule has 1 aromatic heterocycles. The number of aromatic nitrogens is 2. The van der Waals surface area contributed by atoms with E-state index in [0.717, 1.165) is 11.4 Å². The van der Waals surface area contributed by atoms with Crippen molar-refractivity contribution in [2.45, 2.75) is 39.7 Å². The molecule has 3 heteroatoms. The van der Waals surface area contributed by atoms with E-state index in [4.69, 9.17) is 0 Å². The fourth-order valence-electron chi connectivity index (χ4n) is 1.22. The second-order valence-corrected chi connectivity index (χ2v) is 3.78. The minimum absolute atomic E-state index is 0.420. The molecule has 0 fully saturated rings. The lowest BCUT2D eigenvalue weighted by Gasteiger charge is -2.14. The van der Waals surface area contributed by atoms with Gasteiger partial charge in [-0.25, -0.2) is 9.97 Å². The van der Waals surface area contributed by atoms with Gasteiger partial charge in [0.2, 0.25) is 0 Å². The number of hydrogen-bond acceptors (Lipinski definition) is 3. The van der Waals surface area contributed by atoms with Gasteiger partial charge in [-0.15, -0.1) is 0 Å². The minimum atomic E-state index is 0.420. The van der Waals surface area contributed by atoms with Crippen molar-refractivity contribution < 1.29 is 0 Å². The van der Waals surface area contributed by atoms with Crippen molar-refractivity contribution in [3.63, 3.8) is 0 Å². The standard InChI is InChI=1S/C10H17N3/c1-7(2)10-9(13-8(3)4)5-11-6-12-10/h5-8,13H,1-4H3. The van der Waals surface area contributed by atoms with Crippen molar-refractivity contribution in [2.24, 2.45) is 0 Å². The summed E-state index contributed by atoms with van der Waals surface area (Å²) in [5.74, 6) is 0.434. The van der Waals surface area contributed by atoms with Crippen LogP contribution in [-0.4, -0.2) is 16.0 Å². The first-order valence-corrected chi connectivity index (χ1v) is 4.67. The lowest BCUT2D eigenvalue weighted by molar-refractivity contribution is 0.802. The number of nitrogens with one attached hydrogen (secondary N) is 1. The molecule has 13 heavy (non-hydrogen) atoms. The van der Waals surface area contributed by atoms with E-state index in [2.05, 4.69) is 43.0 Å². The first-order valence-electron chi connectivity index (χ1n) is 4.67. The van der Waals surface area contributed by atoms with Gasteiger partial charge in [0.25, 0.3) is 0 Å². The summed E-state index contributed by atoms with van der Waals surface area (Å²) >= 11 is 0. The molecule has 0 amide bonds. The molecule has 0 spiro atoms. The summed E-state index contributed by atoms with van der Waals surface area (Å²) in [4.78, 5) is 8.26. The highest BCUT2D eigenvalue weighted by Gasteiger charge is 2.07. The third-order valence-corrected chi connectivity index (χ3v) is 1.73.